The summed E-state index contributed by atoms with van der Waals surface area (Å²) in [7, 11) is 0. The van der Waals surface area contributed by atoms with Crippen molar-refractivity contribution in [3.05, 3.63) is 77.9 Å². The molecule has 2 aromatic heterocycles. The van der Waals surface area contributed by atoms with E-state index in [0.717, 1.165) is 27.7 Å². The zero-order valence-corrected chi connectivity index (χ0v) is 18.2. The quantitative estimate of drug-likeness (QED) is 0.487. The van der Waals surface area contributed by atoms with Crippen molar-refractivity contribution in [3.63, 3.8) is 0 Å². The lowest BCUT2D eigenvalue weighted by Crippen LogP contribution is -2.47. The fourth-order valence-corrected chi connectivity index (χ4v) is 4.14. The summed E-state index contributed by atoms with van der Waals surface area (Å²) in [5.41, 5.74) is 4.84. The summed E-state index contributed by atoms with van der Waals surface area (Å²) in [5, 5.41) is 11.3. The summed E-state index contributed by atoms with van der Waals surface area (Å²) < 4.78 is 20.0. The molecular weight excluding hydrogens is 421 g/mol. The minimum atomic E-state index is -0.634. The first-order valence-electron chi connectivity index (χ1n) is 10.9. The summed E-state index contributed by atoms with van der Waals surface area (Å²) in [5.74, 6) is -0.445. The minimum Gasteiger partial charge on any atom is -0.366 e. The number of aromatic nitrogens is 3. The standard InChI is InChI=1S/C25H24FN5O2/c1-16-3-2-4-21(26)20(16)14-31-11-12-33-23(15-31)25(32)28-18-5-6-22-19(13-18)24(30-29-22)17-7-9-27-10-8-17/h2-10,13,23H,11-12,14-15H2,1H3,(H,28,32)(H,29,30). The number of aromatic amines is 1. The van der Waals surface area contributed by atoms with Crippen LogP contribution < -0.4 is 5.32 Å². The lowest BCUT2D eigenvalue weighted by molar-refractivity contribution is -0.133. The van der Waals surface area contributed by atoms with Gasteiger partial charge in [0.1, 0.15) is 17.6 Å². The SMILES string of the molecule is Cc1cccc(F)c1CN1CCOC(C(=O)Nc2ccc3[nH]nc(-c4ccncc4)c3c2)C1. The molecule has 5 rings (SSSR count). The minimum absolute atomic E-state index is 0.221. The fourth-order valence-electron chi connectivity index (χ4n) is 4.14. The summed E-state index contributed by atoms with van der Waals surface area (Å²) in [6, 6.07) is 14.5. The normalized spacial score (nSPS) is 16.7. The van der Waals surface area contributed by atoms with Crippen LogP contribution in [0.25, 0.3) is 22.2 Å². The highest BCUT2D eigenvalue weighted by Crippen LogP contribution is 2.28. The molecule has 2 aromatic carbocycles. The molecule has 4 aromatic rings. The van der Waals surface area contributed by atoms with Crippen LogP contribution in [0, 0.1) is 12.7 Å². The number of morpholine rings is 1. The number of amides is 1. The molecule has 33 heavy (non-hydrogen) atoms. The van der Waals surface area contributed by atoms with Gasteiger partial charge in [-0.05, 0) is 48.9 Å². The maximum Gasteiger partial charge on any atom is 0.254 e. The Morgan fingerprint density at radius 2 is 2.09 bits per heavy atom. The Morgan fingerprint density at radius 3 is 2.91 bits per heavy atom. The van der Waals surface area contributed by atoms with Gasteiger partial charge in [0.25, 0.3) is 5.91 Å². The van der Waals surface area contributed by atoms with Gasteiger partial charge in [0.05, 0.1) is 12.1 Å². The van der Waals surface area contributed by atoms with Crippen molar-refractivity contribution < 1.29 is 13.9 Å². The maximum absolute atomic E-state index is 14.3. The second-order valence-electron chi connectivity index (χ2n) is 8.19. The van der Waals surface area contributed by atoms with E-state index in [1.54, 1.807) is 18.5 Å². The van der Waals surface area contributed by atoms with Gasteiger partial charge in [-0.25, -0.2) is 4.39 Å². The van der Waals surface area contributed by atoms with E-state index in [2.05, 4.69) is 25.4 Å². The Kier molecular flexibility index (Phi) is 5.85. The van der Waals surface area contributed by atoms with Crippen molar-refractivity contribution in [1.82, 2.24) is 20.1 Å². The van der Waals surface area contributed by atoms with E-state index < -0.39 is 6.10 Å². The number of hydrogen-bond donors (Lipinski definition) is 2. The summed E-state index contributed by atoms with van der Waals surface area (Å²) in [6.45, 7) is 3.80. The lowest BCUT2D eigenvalue weighted by Gasteiger charge is -2.32. The Bertz CT molecular complexity index is 1270. The molecular formula is C25H24FN5O2. The molecule has 1 saturated heterocycles. The number of aryl methyl sites for hydroxylation is 1. The largest absolute Gasteiger partial charge is 0.366 e. The number of rotatable bonds is 5. The van der Waals surface area contributed by atoms with Crippen LogP contribution in [0.15, 0.2) is 60.9 Å². The highest BCUT2D eigenvalue weighted by atomic mass is 19.1. The van der Waals surface area contributed by atoms with Crippen LogP contribution in [0.5, 0.6) is 0 Å². The zero-order valence-electron chi connectivity index (χ0n) is 18.2. The number of anilines is 1. The van der Waals surface area contributed by atoms with E-state index in [0.29, 0.717) is 37.5 Å². The predicted molar refractivity (Wildman–Crippen MR) is 124 cm³/mol. The lowest BCUT2D eigenvalue weighted by atomic mass is 10.1. The number of benzene rings is 2. The van der Waals surface area contributed by atoms with Gasteiger partial charge >= 0.3 is 0 Å². The van der Waals surface area contributed by atoms with Gasteiger partial charge < -0.3 is 10.1 Å². The number of fused-ring (bicyclic) bond motifs is 1. The second kappa shape index (κ2) is 9.09. The number of halogens is 1. The zero-order chi connectivity index (χ0) is 22.8. The smallest absolute Gasteiger partial charge is 0.254 e. The molecule has 0 aliphatic carbocycles. The van der Waals surface area contributed by atoms with Crippen LogP contribution >= 0.6 is 0 Å². The molecule has 8 heteroatoms. The summed E-state index contributed by atoms with van der Waals surface area (Å²) in [6.07, 6.45) is 2.80. The van der Waals surface area contributed by atoms with E-state index in [-0.39, 0.29) is 11.7 Å². The molecule has 0 spiro atoms. The number of carbonyl (C=O) groups excluding carboxylic acids is 1. The number of ether oxygens (including phenoxy) is 1. The highest BCUT2D eigenvalue weighted by Gasteiger charge is 2.27. The molecule has 168 valence electrons. The van der Waals surface area contributed by atoms with Crippen molar-refractivity contribution in [2.45, 2.75) is 19.6 Å². The third-order valence-corrected chi connectivity index (χ3v) is 5.96. The van der Waals surface area contributed by atoms with Gasteiger partial charge in [-0.15, -0.1) is 0 Å². The van der Waals surface area contributed by atoms with Crippen molar-refractivity contribution in [2.75, 3.05) is 25.0 Å². The molecule has 0 radical (unpaired) electrons. The number of pyridine rings is 1. The third kappa shape index (κ3) is 4.48. The van der Waals surface area contributed by atoms with Gasteiger partial charge in [0.15, 0.2) is 0 Å². The third-order valence-electron chi connectivity index (χ3n) is 5.96. The molecule has 3 heterocycles. The monoisotopic (exact) mass is 445 g/mol. The summed E-state index contributed by atoms with van der Waals surface area (Å²) >= 11 is 0. The van der Waals surface area contributed by atoms with Crippen LogP contribution in [-0.2, 0) is 16.1 Å². The van der Waals surface area contributed by atoms with Gasteiger partial charge in [0, 0.05) is 54.2 Å². The number of carbonyl (C=O) groups is 1. The van der Waals surface area contributed by atoms with E-state index in [1.165, 1.54) is 6.07 Å². The first kappa shape index (κ1) is 21.2. The number of H-pyrrole nitrogens is 1. The Balaban J connectivity index is 1.30. The highest BCUT2D eigenvalue weighted by molar-refractivity contribution is 5.99. The van der Waals surface area contributed by atoms with Gasteiger partial charge in [-0.1, -0.05) is 12.1 Å². The van der Waals surface area contributed by atoms with Crippen molar-refractivity contribution >= 4 is 22.5 Å². The molecule has 1 fully saturated rings. The fraction of sp³-hybridized carbons (Fsp3) is 0.240. The predicted octanol–water partition coefficient (Wildman–Crippen LogP) is 3.91. The van der Waals surface area contributed by atoms with E-state index in [1.807, 2.05) is 43.3 Å². The molecule has 0 bridgehead atoms. The molecule has 1 amide bonds. The van der Waals surface area contributed by atoms with Crippen molar-refractivity contribution in [2.24, 2.45) is 0 Å². The topological polar surface area (TPSA) is 83.1 Å². The number of hydrogen-bond acceptors (Lipinski definition) is 5. The molecule has 2 N–H and O–H groups in total. The van der Waals surface area contributed by atoms with Crippen LogP contribution in [0.3, 0.4) is 0 Å². The van der Waals surface area contributed by atoms with Gasteiger partial charge in [0.2, 0.25) is 0 Å². The maximum atomic E-state index is 14.3. The van der Waals surface area contributed by atoms with Crippen LogP contribution in [0.1, 0.15) is 11.1 Å². The molecule has 7 nitrogen and oxygen atoms in total. The van der Waals surface area contributed by atoms with Gasteiger partial charge in [-0.2, -0.15) is 5.10 Å². The van der Waals surface area contributed by atoms with Crippen molar-refractivity contribution in [3.8, 4) is 11.3 Å². The molecule has 0 saturated carbocycles. The molecule has 1 unspecified atom stereocenters. The molecule has 1 aliphatic heterocycles. The average Bonchev–Trinajstić information content (AvgIpc) is 3.26. The first-order chi connectivity index (χ1) is 16.1. The second-order valence-corrected chi connectivity index (χ2v) is 8.19. The van der Waals surface area contributed by atoms with E-state index in [9.17, 15) is 9.18 Å². The Morgan fingerprint density at radius 1 is 1.24 bits per heavy atom. The van der Waals surface area contributed by atoms with Crippen LogP contribution in [0.2, 0.25) is 0 Å². The number of nitrogens with one attached hydrogen (secondary N) is 2. The van der Waals surface area contributed by atoms with Crippen molar-refractivity contribution in [1.29, 1.82) is 0 Å². The Labute approximate surface area is 190 Å². The first-order valence-corrected chi connectivity index (χ1v) is 10.9. The van der Waals surface area contributed by atoms with E-state index >= 15 is 0 Å². The molecule has 1 aliphatic rings. The van der Waals surface area contributed by atoms with E-state index in [4.69, 9.17) is 4.74 Å². The average molecular weight is 445 g/mol. The van der Waals surface area contributed by atoms with Gasteiger partial charge in [-0.3, -0.25) is 19.8 Å². The van der Waals surface area contributed by atoms with Crippen LogP contribution in [0.4, 0.5) is 10.1 Å². The molecule has 1 atom stereocenters. The Hall–Kier alpha value is -3.62. The number of nitrogens with zero attached hydrogens (tertiary/aromatic N) is 3. The summed E-state index contributed by atoms with van der Waals surface area (Å²) in [4.78, 5) is 19.1. The van der Waals surface area contributed by atoms with Crippen LogP contribution in [-0.4, -0.2) is 51.8 Å².